The van der Waals surface area contributed by atoms with Crippen molar-refractivity contribution >= 4 is 29.1 Å². The van der Waals surface area contributed by atoms with Gasteiger partial charge in [0.1, 0.15) is 35.7 Å². The van der Waals surface area contributed by atoms with Crippen molar-refractivity contribution in [3.63, 3.8) is 0 Å². The summed E-state index contributed by atoms with van der Waals surface area (Å²) in [7, 11) is 2.97. The molecule has 3 N–H and O–H groups in total. The molecule has 12 heteroatoms. The van der Waals surface area contributed by atoms with Gasteiger partial charge in [0.15, 0.2) is 0 Å². The van der Waals surface area contributed by atoms with Crippen LogP contribution in [0.15, 0.2) is 18.2 Å². The van der Waals surface area contributed by atoms with Gasteiger partial charge in [0.2, 0.25) is 5.88 Å². The molecular formula is C30H42N4O8. The van der Waals surface area contributed by atoms with Gasteiger partial charge in [0.05, 0.1) is 25.3 Å². The van der Waals surface area contributed by atoms with Gasteiger partial charge in [-0.2, -0.15) is 0 Å². The zero-order valence-corrected chi connectivity index (χ0v) is 25.0. The van der Waals surface area contributed by atoms with E-state index in [9.17, 15) is 19.5 Å². The molecule has 12 nitrogen and oxygen atoms in total. The fraction of sp³-hybridized carbons (Fsp3) is 0.633. The number of alkyl carbamates (subject to hydrolysis) is 1. The third-order valence-corrected chi connectivity index (χ3v) is 7.74. The van der Waals surface area contributed by atoms with E-state index in [1.165, 1.54) is 7.11 Å². The number of unbranched alkanes of at least 4 members (excludes halogenated alkanes) is 2. The average molecular weight is 587 g/mol. The Hall–Kier alpha value is -3.67. The number of nitrogens with zero attached hydrogens (tertiary/aromatic N) is 2. The molecule has 0 radical (unpaired) electrons. The first kappa shape index (κ1) is 31.3. The molecule has 230 valence electrons. The van der Waals surface area contributed by atoms with Crippen molar-refractivity contribution in [2.45, 2.75) is 90.0 Å². The Morgan fingerprint density at radius 2 is 1.88 bits per heavy atom. The second-order valence-corrected chi connectivity index (χ2v) is 12.1. The molecule has 2 heterocycles. The van der Waals surface area contributed by atoms with Gasteiger partial charge in [0, 0.05) is 19.0 Å². The summed E-state index contributed by atoms with van der Waals surface area (Å²) in [6, 6.07) is 4.12. The molecule has 0 bridgehead atoms. The van der Waals surface area contributed by atoms with Crippen LogP contribution in [0.25, 0.3) is 11.0 Å². The van der Waals surface area contributed by atoms with Gasteiger partial charge in [-0.3, -0.25) is 4.79 Å². The summed E-state index contributed by atoms with van der Waals surface area (Å²) in [6.45, 7) is 5.78. The number of nitrogens with one attached hydrogen (secondary N) is 2. The highest BCUT2D eigenvalue weighted by molar-refractivity contribution is 5.81. The first-order chi connectivity index (χ1) is 20.0. The van der Waals surface area contributed by atoms with E-state index in [1.54, 1.807) is 27.9 Å². The molecule has 1 amide bonds. The molecular weight excluding hydrogens is 544 g/mol. The van der Waals surface area contributed by atoms with Crippen LogP contribution >= 0.6 is 0 Å². The van der Waals surface area contributed by atoms with Gasteiger partial charge in [-0.15, -0.1) is 0 Å². The number of ether oxygens (including phenoxy) is 4. The number of hydrogen-bond acceptors (Lipinski definition) is 10. The molecule has 5 atom stereocenters. The Balaban J connectivity index is 1.27. The summed E-state index contributed by atoms with van der Waals surface area (Å²) in [5.41, 5.74) is 1.57. The number of carbonyl (C=O) groups is 3. The molecule has 0 spiro atoms. The van der Waals surface area contributed by atoms with Crippen molar-refractivity contribution in [1.29, 1.82) is 0 Å². The predicted octanol–water partition coefficient (Wildman–Crippen LogP) is 3.64. The fourth-order valence-electron chi connectivity index (χ4n) is 5.19. The van der Waals surface area contributed by atoms with Crippen molar-refractivity contribution in [1.82, 2.24) is 20.6 Å². The van der Waals surface area contributed by atoms with Crippen LogP contribution in [0.5, 0.6) is 11.6 Å². The molecule has 2 unspecified atom stereocenters. The van der Waals surface area contributed by atoms with Crippen molar-refractivity contribution in [3.05, 3.63) is 23.9 Å². The maximum Gasteiger partial charge on any atom is 0.408 e. The van der Waals surface area contributed by atoms with Gasteiger partial charge < -0.3 is 34.7 Å². The van der Waals surface area contributed by atoms with Crippen LogP contribution in [0.1, 0.15) is 65.0 Å². The number of fused-ring (bicyclic) bond motifs is 1. The molecule has 1 aliphatic carbocycles. The highest BCUT2D eigenvalue weighted by Gasteiger charge is 2.41. The van der Waals surface area contributed by atoms with Crippen molar-refractivity contribution < 1.29 is 38.4 Å². The van der Waals surface area contributed by atoms with Crippen LogP contribution in [-0.2, 0) is 25.5 Å². The minimum absolute atomic E-state index is 0.170. The third kappa shape index (κ3) is 8.21. The minimum Gasteiger partial charge on any atom is -0.497 e. The number of carbonyl (C=O) groups excluding carboxylic acids is 2. The van der Waals surface area contributed by atoms with E-state index in [4.69, 9.17) is 28.9 Å². The largest absolute Gasteiger partial charge is 0.497 e. The van der Waals surface area contributed by atoms with E-state index < -0.39 is 29.6 Å². The molecule has 1 aliphatic heterocycles. The Morgan fingerprint density at radius 1 is 1.10 bits per heavy atom. The van der Waals surface area contributed by atoms with Crippen molar-refractivity contribution in [2.75, 3.05) is 20.8 Å². The summed E-state index contributed by atoms with van der Waals surface area (Å²) < 4.78 is 21.9. The molecule has 1 aromatic heterocycles. The molecule has 1 saturated heterocycles. The van der Waals surface area contributed by atoms with Gasteiger partial charge >= 0.3 is 18.0 Å². The topological polar surface area (TPSA) is 158 Å². The first-order valence-electron chi connectivity index (χ1n) is 14.5. The number of aryl methyl sites for hydroxylation is 1. The third-order valence-electron chi connectivity index (χ3n) is 7.74. The molecule has 4 rings (SSSR count). The molecule has 2 aliphatic rings. The number of carboxylic acids is 1. The summed E-state index contributed by atoms with van der Waals surface area (Å²) in [4.78, 5) is 45.2. The standard InChI is InChI=1S/C30H42N4O8/c1-30(2,3)25(27(35)36)34-29(38)42-24-13-17(24)9-7-6-8-10-21-26(41-19-15-23(31-16-19)28(37)40-5)33-22-14-18(39-4)11-12-20(22)32-21/h11-12,14,17,19,23-25,31H,6-10,13,15-16H2,1-5H3,(H,34,38)(H,35,36)/t17-,19?,23+,24-,25?/m1/s1. The van der Waals surface area contributed by atoms with Gasteiger partial charge in [-0.05, 0) is 49.1 Å². The van der Waals surface area contributed by atoms with Crippen LogP contribution in [0, 0.1) is 11.3 Å². The minimum atomic E-state index is -1.08. The number of aliphatic carboxylic acids is 1. The zero-order chi connectivity index (χ0) is 30.4. The Bertz CT molecular complexity index is 1280. The van der Waals surface area contributed by atoms with Crippen LogP contribution in [-0.4, -0.2) is 78.2 Å². The number of carboxylic acid groups (broad SMARTS) is 1. The number of amides is 1. The molecule has 2 aromatic rings. The monoisotopic (exact) mass is 586 g/mol. The predicted molar refractivity (Wildman–Crippen MR) is 153 cm³/mol. The molecule has 1 saturated carbocycles. The Labute approximate surface area is 245 Å². The maximum absolute atomic E-state index is 12.2. The summed E-state index contributed by atoms with van der Waals surface area (Å²) in [5, 5.41) is 15.0. The number of benzene rings is 1. The van der Waals surface area contributed by atoms with E-state index >= 15 is 0 Å². The van der Waals surface area contributed by atoms with Crippen LogP contribution in [0.4, 0.5) is 4.79 Å². The van der Waals surface area contributed by atoms with E-state index in [0.29, 0.717) is 42.5 Å². The zero-order valence-electron chi connectivity index (χ0n) is 25.0. The maximum atomic E-state index is 12.2. The summed E-state index contributed by atoms with van der Waals surface area (Å²) in [6.07, 6.45) is 4.60. The lowest BCUT2D eigenvalue weighted by molar-refractivity contribution is -0.143. The molecule has 1 aromatic carbocycles. The SMILES string of the molecule is COC(=O)[C@@H]1CC(Oc2nc3cc(OC)ccc3nc2CCCCC[C@@H]2C[C@H]2OC(=O)NC(C(=O)O)C(C)(C)C)CN1. The number of aromatic nitrogens is 2. The lowest BCUT2D eigenvalue weighted by atomic mass is 9.87. The molecule has 2 fully saturated rings. The van der Waals surface area contributed by atoms with Crippen LogP contribution < -0.4 is 20.1 Å². The first-order valence-corrected chi connectivity index (χ1v) is 14.5. The lowest BCUT2D eigenvalue weighted by Gasteiger charge is -2.27. The Morgan fingerprint density at radius 3 is 2.57 bits per heavy atom. The lowest BCUT2D eigenvalue weighted by Crippen LogP contribution is -2.49. The van der Waals surface area contributed by atoms with E-state index in [1.807, 2.05) is 18.2 Å². The van der Waals surface area contributed by atoms with Crippen LogP contribution in [0.2, 0.25) is 0 Å². The van der Waals surface area contributed by atoms with E-state index in [-0.39, 0.29) is 18.2 Å². The van der Waals surface area contributed by atoms with Crippen molar-refractivity contribution in [2.24, 2.45) is 11.3 Å². The van der Waals surface area contributed by atoms with Gasteiger partial charge in [0.25, 0.3) is 0 Å². The van der Waals surface area contributed by atoms with Gasteiger partial charge in [-0.1, -0.05) is 33.6 Å². The van der Waals surface area contributed by atoms with Gasteiger partial charge in [-0.25, -0.2) is 19.6 Å². The average Bonchev–Trinajstić information content (AvgIpc) is 3.50. The number of rotatable bonds is 13. The number of hydrogen-bond donors (Lipinski definition) is 3. The Kier molecular flexibility index (Phi) is 10.1. The second kappa shape index (κ2) is 13.5. The molecule has 42 heavy (non-hydrogen) atoms. The quantitative estimate of drug-likeness (QED) is 0.232. The van der Waals surface area contributed by atoms with Crippen LogP contribution in [0.3, 0.4) is 0 Å². The van der Waals surface area contributed by atoms with Crippen molar-refractivity contribution in [3.8, 4) is 11.6 Å². The summed E-state index contributed by atoms with van der Waals surface area (Å²) >= 11 is 0. The fourth-order valence-corrected chi connectivity index (χ4v) is 5.19. The smallest absolute Gasteiger partial charge is 0.408 e. The summed E-state index contributed by atoms with van der Waals surface area (Å²) in [5.74, 6) is 0.0419. The normalized spacial score (nSPS) is 22.3. The second-order valence-electron chi connectivity index (χ2n) is 12.1. The number of esters is 1. The van der Waals surface area contributed by atoms with E-state index in [0.717, 1.165) is 43.3 Å². The van der Waals surface area contributed by atoms with E-state index in [2.05, 4.69) is 10.6 Å². The highest BCUT2D eigenvalue weighted by Crippen LogP contribution is 2.38. The number of methoxy groups -OCH3 is 2. The highest BCUT2D eigenvalue weighted by atomic mass is 16.6.